The van der Waals surface area contributed by atoms with Gasteiger partial charge in [0.2, 0.25) is 17.7 Å². The summed E-state index contributed by atoms with van der Waals surface area (Å²) in [6.07, 6.45) is 2.78. The number of amides is 3. The quantitative estimate of drug-likeness (QED) is 0.292. The second kappa shape index (κ2) is 13.1. The molecule has 2 N–H and O–H groups in total. The Kier molecular flexibility index (Phi) is 9.93. The summed E-state index contributed by atoms with van der Waals surface area (Å²) < 4.78 is 4.69. The second-order valence-electron chi connectivity index (χ2n) is 9.01. The number of thiocarbonyl (C=S) groups is 1. The summed E-state index contributed by atoms with van der Waals surface area (Å²) in [6, 6.07) is 1.50. The van der Waals surface area contributed by atoms with Crippen LogP contribution < -0.4 is 10.2 Å². The minimum Gasteiger partial charge on any atom is -0.480 e. The molecule has 2 aliphatic rings. The number of aromatic nitrogens is 1. The average Bonchev–Trinajstić information content (AvgIpc) is 2.90. The number of hydrogen-bond acceptors (Lipinski definition) is 9. The van der Waals surface area contributed by atoms with E-state index in [1.54, 1.807) is 24.2 Å². The molecule has 0 aliphatic carbocycles. The maximum Gasteiger partial charge on any atom is 0.323 e. The fraction of sp³-hybridized carbons (Fsp3) is 0.542. The van der Waals surface area contributed by atoms with E-state index < -0.39 is 48.8 Å². The van der Waals surface area contributed by atoms with Gasteiger partial charge in [-0.25, -0.2) is 0 Å². The van der Waals surface area contributed by atoms with Gasteiger partial charge in [0.15, 0.2) is 0 Å². The van der Waals surface area contributed by atoms with Crippen LogP contribution in [0.1, 0.15) is 19.8 Å². The minimum absolute atomic E-state index is 0.00698. The van der Waals surface area contributed by atoms with Crippen molar-refractivity contribution in [2.75, 3.05) is 57.8 Å². The molecule has 1 aromatic rings. The van der Waals surface area contributed by atoms with E-state index in [-0.39, 0.29) is 25.4 Å². The number of anilines is 1. The molecule has 14 heteroatoms. The summed E-state index contributed by atoms with van der Waals surface area (Å²) in [7, 11) is 1.16. The van der Waals surface area contributed by atoms with Crippen LogP contribution in [-0.4, -0.2) is 124 Å². The Morgan fingerprint density at radius 1 is 1.13 bits per heavy atom. The Bertz CT molecular complexity index is 1060. The monoisotopic (exact) mass is 548 g/mol. The molecule has 3 amide bonds. The van der Waals surface area contributed by atoms with E-state index in [2.05, 4.69) is 19.9 Å². The molecule has 0 aromatic carbocycles. The van der Waals surface area contributed by atoms with E-state index in [0.29, 0.717) is 31.2 Å². The standard InChI is InChI=1S/C24H32N6O7S/c1-16(38)26-18(13-20(31)28-9-7-27(8-10-28)17-3-5-25-6-4-17)23(35)30-12-11-29(15-21(32)33)24(36)19(30)14-22(34)37-2/h3-6,18-19H,7-15H2,1-2H3,(H,26,38)(H,32,33)/t18?,19-/m0/s1. The maximum atomic E-state index is 13.6. The molecular weight excluding hydrogens is 516 g/mol. The third-order valence-corrected chi connectivity index (χ3v) is 6.61. The lowest BCUT2D eigenvalue weighted by molar-refractivity contribution is -0.159. The van der Waals surface area contributed by atoms with Gasteiger partial charge in [0.1, 0.15) is 18.6 Å². The summed E-state index contributed by atoms with van der Waals surface area (Å²) in [5.74, 6) is -3.43. The number of aliphatic carboxylic acids is 1. The van der Waals surface area contributed by atoms with Gasteiger partial charge in [0, 0.05) is 57.3 Å². The topological polar surface area (TPSA) is 153 Å². The second-order valence-corrected chi connectivity index (χ2v) is 9.62. The number of rotatable bonds is 9. The smallest absolute Gasteiger partial charge is 0.323 e. The third-order valence-electron chi connectivity index (χ3n) is 6.50. The molecule has 1 aromatic heterocycles. The lowest BCUT2D eigenvalue weighted by Crippen LogP contribution is -2.63. The van der Waals surface area contributed by atoms with Crippen molar-refractivity contribution in [1.82, 2.24) is 25.0 Å². The summed E-state index contributed by atoms with van der Waals surface area (Å²) in [6.45, 7) is 3.17. The summed E-state index contributed by atoms with van der Waals surface area (Å²) >= 11 is 5.15. The van der Waals surface area contributed by atoms with E-state index in [9.17, 15) is 24.0 Å². The number of carboxylic acid groups (broad SMARTS) is 1. The first-order valence-electron chi connectivity index (χ1n) is 12.2. The highest BCUT2D eigenvalue weighted by atomic mass is 32.1. The van der Waals surface area contributed by atoms with E-state index >= 15 is 0 Å². The normalized spacial score (nSPS) is 18.6. The number of piperazine rings is 2. The highest BCUT2D eigenvalue weighted by Gasteiger charge is 2.42. The van der Waals surface area contributed by atoms with Crippen LogP contribution in [0.3, 0.4) is 0 Å². The Morgan fingerprint density at radius 2 is 1.79 bits per heavy atom. The fourth-order valence-corrected chi connectivity index (χ4v) is 4.72. The number of carboxylic acids is 1. The van der Waals surface area contributed by atoms with Gasteiger partial charge in [-0.3, -0.25) is 29.0 Å². The Balaban J connectivity index is 1.71. The Labute approximate surface area is 225 Å². The first kappa shape index (κ1) is 28.8. The molecule has 0 bridgehead atoms. The number of nitrogens with one attached hydrogen (secondary N) is 1. The molecule has 2 fully saturated rings. The highest BCUT2D eigenvalue weighted by molar-refractivity contribution is 7.80. The van der Waals surface area contributed by atoms with Crippen molar-refractivity contribution in [3.63, 3.8) is 0 Å². The summed E-state index contributed by atoms with van der Waals surface area (Å²) in [5, 5.41) is 12.0. The van der Waals surface area contributed by atoms with E-state index in [0.717, 1.165) is 17.7 Å². The van der Waals surface area contributed by atoms with E-state index in [1.807, 2.05) is 12.1 Å². The van der Waals surface area contributed by atoms with Gasteiger partial charge in [-0.1, -0.05) is 12.2 Å². The van der Waals surface area contributed by atoms with Crippen LogP contribution in [-0.2, 0) is 28.7 Å². The van der Waals surface area contributed by atoms with Crippen molar-refractivity contribution in [3.05, 3.63) is 24.5 Å². The molecule has 38 heavy (non-hydrogen) atoms. The Hall–Kier alpha value is -3.81. The third kappa shape index (κ3) is 7.37. The van der Waals surface area contributed by atoms with E-state index in [4.69, 9.17) is 17.3 Å². The maximum absolute atomic E-state index is 13.6. The molecule has 2 saturated heterocycles. The van der Waals surface area contributed by atoms with Crippen LogP contribution >= 0.6 is 12.2 Å². The molecule has 3 heterocycles. The van der Waals surface area contributed by atoms with Crippen molar-refractivity contribution in [3.8, 4) is 0 Å². The largest absolute Gasteiger partial charge is 0.480 e. The molecule has 1 unspecified atom stereocenters. The number of nitrogens with zero attached hydrogens (tertiary/aromatic N) is 5. The molecule has 13 nitrogen and oxygen atoms in total. The number of ether oxygens (including phenoxy) is 1. The van der Waals surface area contributed by atoms with Crippen molar-refractivity contribution in [2.24, 2.45) is 0 Å². The molecular formula is C24H32N6O7S. The molecule has 0 saturated carbocycles. The van der Waals surface area contributed by atoms with Crippen LogP contribution in [0.25, 0.3) is 0 Å². The van der Waals surface area contributed by atoms with Gasteiger partial charge in [-0.15, -0.1) is 0 Å². The van der Waals surface area contributed by atoms with Crippen LogP contribution in [0.4, 0.5) is 5.69 Å². The molecule has 3 rings (SSSR count). The number of esters is 1. The van der Waals surface area contributed by atoms with Crippen molar-refractivity contribution in [2.45, 2.75) is 31.8 Å². The lowest BCUT2D eigenvalue weighted by Gasteiger charge is -2.41. The Morgan fingerprint density at radius 3 is 2.37 bits per heavy atom. The minimum atomic E-state index is -1.25. The van der Waals surface area contributed by atoms with E-state index in [1.165, 1.54) is 4.90 Å². The molecule has 2 atom stereocenters. The first-order valence-corrected chi connectivity index (χ1v) is 12.6. The van der Waals surface area contributed by atoms with Gasteiger partial charge >= 0.3 is 11.9 Å². The number of methoxy groups -OCH3 is 1. The van der Waals surface area contributed by atoms with Crippen LogP contribution in [0.5, 0.6) is 0 Å². The fourth-order valence-electron chi connectivity index (χ4n) is 4.58. The number of carbonyl (C=O) groups excluding carboxylic acids is 4. The zero-order valence-electron chi connectivity index (χ0n) is 21.4. The predicted molar refractivity (Wildman–Crippen MR) is 139 cm³/mol. The highest BCUT2D eigenvalue weighted by Crippen LogP contribution is 2.19. The van der Waals surface area contributed by atoms with Crippen molar-refractivity contribution >= 4 is 52.6 Å². The van der Waals surface area contributed by atoms with Crippen LogP contribution in [0.2, 0.25) is 0 Å². The molecule has 0 spiro atoms. The van der Waals surface area contributed by atoms with Gasteiger partial charge < -0.3 is 34.8 Å². The van der Waals surface area contributed by atoms with Gasteiger partial charge in [0.05, 0.1) is 24.9 Å². The first-order chi connectivity index (χ1) is 18.1. The number of hydrogen-bond donors (Lipinski definition) is 2. The number of carbonyl (C=O) groups is 5. The predicted octanol–water partition coefficient (Wildman–Crippen LogP) is -0.887. The molecule has 2 aliphatic heterocycles. The SMILES string of the molecule is COC(=O)C[C@H]1C(=O)N(CC(=O)O)CCN1C(=O)C(CC(=O)N1CCN(c2ccncc2)CC1)NC(C)=S. The average molecular weight is 549 g/mol. The molecule has 206 valence electrons. The van der Waals surface area contributed by atoms with Crippen molar-refractivity contribution < 1.29 is 33.8 Å². The zero-order chi connectivity index (χ0) is 27.8. The lowest BCUT2D eigenvalue weighted by atomic mass is 10.0. The van der Waals surface area contributed by atoms with Crippen LogP contribution in [0.15, 0.2) is 24.5 Å². The van der Waals surface area contributed by atoms with Gasteiger partial charge in [-0.2, -0.15) is 0 Å². The zero-order valence-corrected chi connectivity index (χ0v) is 22.2. The van der Waals surface area contributed by atoms with Crippen molar-refractivity contribution in [1.29, 1.82) is 0 Å². The molecule has 0 radical (unpaired) electrons. The van der Waals surface area contributed by atoms with Crippen LogP contribution in [0, 0.1) is 0 Å². The van der Waals surface area contributed by atoms with Gasteiger partial charge in [0.25, 0.3) is 0 Å². The summed E-state index contributed by atoms with van der Waals surface area (Å²) in [4.78, 5) is 73.5. The number of pyridine rings is 1. The van der Waals surface area contributed by atoms with Gasteiger partial charge in [-0.05, 0) is 19.1 Å². The summed E-state index contributed by atoms with van der Waals surface area (Å²) in [5.41, 5.74) is 1.02.